The number of rotatable bonds is 7. The summed E-state index contributed by atoms with van der Waals surface area (Å²) < 4.78 is 1.99. The average molecular weight is 524 g/mol. The van der Waals surface area contributed by atoms with Crippen molar-refractivity contribution in [2.45, 2.75) is 47.2 Å². The highest BCUT2D eigenvalue weighted by atomic mass is 127. The van der Waals surface area contributed by atoms with E-state index in [1.807, 2.05) is 23.7 Å². The molecule has 0 aliphatic carbocycles. The van der Waals surface area contributed by atoms with Crippen molar-refractivity contribution in [3.63, 3.8) is 0 Å². The quantitative estimate of drug-likeness (QED) is 0.274. The summed E-state index contributed by atoms with van der Waals surface area (Å²) in [6, 6.07) is 10.4. The van der Waals surface area contributed by atoms with Gasteiger partial charge in [0.15, 0.2) is 5.96 Å². The lowest BCUT2D eigenvalue weighted by Gasteiger charge is -2.12. The molecular weight excluding hydrogens is 495 g/mol. The lowest BCUT2D eigenvalue weighted by atomic mass is 10.2. The second-order valence-electron chi connectivity index (χ2n) is 6.60. The first-order chi connectivity index (χ1) is 13.6. The Labute approximate surface area is 193 Å². The second-order valence-corrected chi connectivity index (χ2v) is 7.55. The minimum atomic E-state index is 0. The molecule has 0 saturated heterocycles. The minimum absolute atomic E-state index is 0. The summed E-state index contributed by atoms with van der Waals surface area (Å²) in [5.74, 6) is 0.789. The molecule has 0 fully saturated rings. The molecule has 0 aliphatic rings. The third-order valence-electron chi connectivity index (χ3n) is 4.32. The van der Waals surface area contributed by atoms with E-state index in [2.05, 4.69) is 65.1 Å². The lowest BCUT2D eigenvalue weighted by Crippen LogP contribution is -2.36. The molecule has 2 aromatic heterocycles. The highest BCUT2D eigenvalue weighted by Gasteiger charge is 2.09. The van der Waals surface area contributed by atoms with Crippen molar-refractivity contribution in [3.8, 4) is 5.69 Å². The first-order valence-electron chi connectivity index (χ1n) is 9.67. The van der Waals surface area contributed by atoms with Crippen molar-refractivity contribution in [2.75, 3.05) is 6.54 Å². The normalized spacial score (nSPS) is 11.2. The van der Waals surface area contributed by atoms with Gasteiger partial charge in [0.1, 0.15) is 0 Å². The molecule has 0 spiro atoms. The van der Waals surface area contributed by atoms with Crippen molar-refractivity contribution in [3.05, 3.63) is 63.4 Å². The van der Waals surface area contributed by atoms with Crippen LogP contribution in [0.25, 0.3) is 5.69 Å². The van der Waals surface area contributed by atoms with Crippen LogP contribution in [0.2, 0.25) is 0 Å². The maximum Gasteiger partial charge on any atom is 0.191 e. The molecule has 3 rings (SSSR count). The van der Waals surface area contributed by atoms with Gasteiger partial charge in [0.25, 0.3) is 0 Å². The maximum atomic E-state index is 4.78. The van der Waals surface area contributed by atoms with Gasteiger partial charge in [-0.3, -0.25) is 0 Å². The summed E-state index contributed by atoms with van der Waals surface area (Å²) in [7, 11) is 0. The Balaban J connectivity index is 0.00000300. The maximum absolute atomic E-state index is 4.78. The highest BCUT2D eigenvalue weighted by Crippen LogP contribution is 2.18. The summed E-state index contributed by atoms with van der Waals surface area (Å²) in [4.78, 5) is 9.38. The van der Waals surface area contributed by atoms with Crippen molar-refractivity contribution in [1.29, 1.82) is 0 Å². The number of benzene rings is 1. The van der Waals surface area contributed by atoms with Crippen molar-refractivity contribution in [2.24, 2.45) is 4.99 Å². The molecule has 2 heterocycles. The molecule has 0 amide bonds. The lowest BCUT2D eigenvalue weighted by molar-refractivity contribution is 0.792. The molecule has 2 N–H and O–H groups in total. The molecule has 1 aromatic carbocycles. The first kappa shape index (κ1) is 23.3. The van der Waals surface area contributed by atoms with Gasteiger partial charge in [-0.05, 0) is 44.9 Å². The number of halogens is 1. The zero-order chi connectivity index (χ0) is 19.9. The van der Waals surface area contributed by atoms with Crippen LogP contribution in [-0.2, 0) is 19.5 Å². The van der Waals surface area contributed by atoms with E-state index in [1.54, 1.807) is 11.3 Å². The Bertz CT molecular complexity index is 946. The first-order valence-corrected chi connectivity index (χ1v) is 10.6. The number of hydrogen-bond donors (Lipinski definition) is 2. The monoisotopic (exact) mass is 524 g/mol. The van der Waals surface area contributed by atoms with Crippen LogP contribution in [0, 0.1) is 13.8 Å². The largest absolute Gasteiger partial charge is 0.357 e. The van der Waals surface area contributed by atoms with Gasteiger partial charge in [0.2, 0.25) is 0 Å². The number of hydrogen-bond acceptors (Lipinski definition) is 4. The second kappa shape index (κ2) is 11.3. The number of aromatic nitrogens is 3. The molecule has 8 heteroatoms. The summed E-state index contributed by atoms with van der Waals surface area (Å²) in [6.45, 7) is 10.3. The molecule has 0 aliphatic heterocycles. The number of aryl methyl sites for hydroxylation is 3. The van der Waals surface area contributed by atoms with Crippen LogP contribution >= 0.6 is 35.3 Å². The number of nitrogens with zero attached hydrogens (tertiary/aromatic N) is 4. The highest BCUT2D eigenvalue weighted by molar-refractivity contribution is 14.0. The molecule has 6 nitrogen and oxygen atoms in total. The van der Waals surface area contributed by atoms with Crippen LogP contribution in [0.4, 0.5) is 0 Å². The van der Waals surface area contributed by atoms with Gasteiger partial charge >= 0.3 is 0 Å². The van der Waals surface area contributed by atoms with Crippen LogP contribution in [0.15, 0.2) is 40.7 Å². The van der Waals surface area contributed by atoms with E-state index < -0.39 is 0 Å². The third-order valence-corrected chi connectivity index (χ3v) is 5.36. The number of nitrogens with one attached hydrogen (secondary N) is 2. The summed E-state index contributed by atoms with van der Waals surface area (Å²) >= 11 is 1.71. The van der Waals surface area contributed by atoms with Gasteiger partial charge in [-0.2, -0.15) is 5.10 Å². The van der Waals surface area contributed by atoms with E-state index in [0.717, 1.165) is 52.3 Å². The number of thiazole rings is 1. The smallest absolute Gasteiger partial charge is 0.191 e. The molecular formula is C21H29IN6S. The van der Waals surface area contributed by atoms with E-state index in [4.69, 9.17) is 4.99 Å². The average Bonchev–Trinajstić information content (AvgIpc) is 3.29. The molecule has 29 heavy (non-hydrogen) atoms. The molecule has 0 atom stereocenters. The molecule has 0 unspecified atom stereocenters. The van der Waals surface area contributed by atoms with Crippen LogP contribution in [0.1, 0.15) is 41.5 Å². The standard InChI is InChI=1S/C21H28N6S.HI/c1-5-20-25-18(14-28-20)13-24-21(22-6-2)23-12-17-9-7-8-10-19(17)27-16(4)11-15(3)26-27;/h7-11,14H,5-6,12-13H2,1-4H3,(H2,22,23,24);1H. The van der Waals surface area contributed by atoms with E-state index in [9.17, 15) is 0 Å². The molecule has 3 aromatic rings. The van der Waals surface area contributed by atoms with Gasteiger partial charge in [0.05, 0.1) is 35.2 Å². The number of aliphatic imine (C=N–C) groups is 1. The Kier molecular flexibility index (Phi) is 9.09. The topological polar surface area (TPSA) is 67.1 Å². The fourth-order valence-electron chi connectivity index (χ4n) is 3.00. The van der Waals surface area contributed by atoms with Gasteiger partial charge in [-0.25, -0.2) is 14.7 Å². The Hall–Kier alpha value is -1.94. The van der Waals surface area contributed by atoms with Crippen LogP contribution < -0.4 is 10.6 Å². The predicted molar refractivity (Wildman–Crippen MR) is 132 cm³/mol. The predicted octanol–water partition coefficient (Wildman–Crippen LogP) is 4.38. The molecule has 156 valence electrons. The van der Waals surface area contributed by atoms with E-state index >= 15 is 0 Å². The summed E-state index contributed by atoms with van der Waals surface area (Å²) in [5, 5.41) is 14.6. The number of para-hydroxylation sites is 1. The third kappa shape index (κ3) is 6.27. The molecule has 0 bridgehead atoms. The van der Waals surface area contributed by atoms with E-state index in [-0.39, 0.29) is 24.0 Å². The summed E-state index contributed by atoms with van der Waals surface area (Å²) in [6.07, 6.45) is 0.974. The van der Waals surface area contributed by atoms with Gasteiger partial charge in [-0.15, -0.1) is 35.3 Å². The molecule has 0 radical (unpaired) electrons. The number of guanidine groups is 1. The van der Waals surface area contributed by atoms with Gasteiger partial charge < -0.3 is 10.6 Å². The van der Waals surface area contributed by atoms with Gasteiger partial charge in [0, 0.05) is 17.6 Å². The SMILES string of the molecule is CCNC(=NCc1ccccc1-n1nc(C)cc1C)NCc1csc(CC)n1.I. The van der Waals surface area contributed by atoms with Crippen LogP contribution in [0.3, 0.4) is 0 Å². The van der Waals surface area contributed by atoms with Crippen molar-refractivity contribution in [1.82, 2.24) is 25.4 Å². The Morgan fingerprint density at radius 2 is 1.97 bits per heavy atom. The van der Waals surface area contributed by atoms with Crippen LogP contribution in [-0.4, -0.2) is 27.3 Å². The Morgan fingerprint density at radius 1 is 1.17 bits per heavy atom. The van der Waals surface area contributed by atoms with E-state index in [1.165, 1.54) is 0 Å². The van der Waals surface area contributed by atoms with Crippen molar-refractivity contribution < 1.29 is 0 Å². The zero-order valence-corrected chi connectivity index (χ0v) is 20.5. The zero-order valence-electron chi connectivity index (χ0n) is 17.4. The van der Waals surface area contributed by atoms with Gasteiger partial charge in [-0.1, -0.05) is 25.1 Å². The molecule has 0 saturated carbocycles. The van der Waals surface area contributed by atoms with Crippen molar-refractivity contribution >= 4 is 41.3 Å². The minimum Gasteiger partial charge on any atom is -0.357 e. The van der Waals surface area contributed by atoms with E-state index in [0.29, 0.717) is 13.1 Å². The summed E-state index contributed by atoms with van der Waals surface area (Å²) in [5.41, 5.74) is 5.39. The fraction of sp³-hybridized carbons (Fsp3) is 0.381. The fourth-order valence-corrected chi connectivity index (χ4v) is 3.74. The van der Waals surface area contributed by atoms with Crippen LogP contribution in [0.5, 0.6) is 0 Å². The Morgan fingerprint density at radius 3 is 2.62 bits per heavy atom.